The molecule has 0 heterocycles. The number of esters is 2. The quantitative estimate of drug-likeness (QED) is 0.0216. The van der Waals surface area contributed by atoms with Crippen molar-refractivity contribution in [3.8, 4) is 0 Å². The van der Waals surface area contributed by atoms with E-state index in [1.807, 2.05) is 21.1 Å². The minimum absolute atomic E-state index is 0.182. The molecular weight excluding hydrogens is 682 g/mol. The molecule has 0 aromatic carbocycles. The molecule has 0 bridgehead atoms. The Morgan fingerprint density at radius 3 is 1.48 bits per heavy atom. The van der Waals surface area contributed by atoms with E-state index in [0.29, 0.717) is 23.9 Å². The van der Waals surface area contributed by atoms with Crippen molar-refractivity contribution in [2.45, 2.75) is 200 Å². The first kappa shape index (κ1) is 51.8. The van der Waals surface area contributed by atoms with Gasteiger partial charge in [0.15, 0.2) is 6.10 Å². The number of likely N-dealkylation sites (N-methyl/N-ethyl adjacent to an activating group) is 1. The number of carboxylic acid groups (broad SMARTS) is 1. The smallest absolute Gasteiger partial charge is 0.361 e. The Kier molecular flexibility index (Phi) is 36.1. The number of hydrogen-bond acceptors (Lipinski definition) is 7. The number of carbonyl (C=O) groups excluding carboxylic acids is 2. The van der Waals surface area contributed by atoms with Gasteiger partial charge in [0.25, 0.3) is 6.29 Å². The lowest BCUT2D eigenvalue weighted by molar-refractivity contribution is -0.870. The Morgan fingerprint density at radius 1 is 0.556 bits per heavy atom. The van der Waals surface area contributed by atoms with Crippen molar-refractivity contribution in [3.05, 3.63) is 24.3 Å². The molecule has 0 saturated carbocycles. The molecule has 0 fully saturated rings. The van der Waals surface area contributed by atoms with Gasteiger partial charge in [-0.2, -0.15) is 0 Å². The van der Waals surface area contributed by atoms with Crippen LogP contribution in [-0.2, 0) is 33.3 Å². The van der Waals surface area contributed by atoms with Crippen LogP contribution in [0.2, 0.25) is 0 Å². The van der Waals surface area contributed by atoms with Crippen LogP contribution in [0.5, 0.6) is 0 Å². The van der Waals surface area contributed by atoms with Crippen LogP contribution in [0.4, 0.5) is 0 Å². The molecule has 0 rings (SSSR count). The van der Waals surface area contributed by atoms with Crippen LogP contribution < -0.4 is 0 Å². The molecule has 2 atom stereocenters. The van der Waals surface area contributed by atoms with Gasteiger partial charge in [0.2, 0.25) is 0 Å². The molecule has 0 amide bonds. The number of hydrogen-bond donors (Lipinski definition) is 1. The first-order valence-electron chi connectivity index (χ1n) is 22.0. The van der Waals surface area contributed by atoms with Crippen molar-refractivity contribution in [1.29, 1.82) is 0 Å². The third-order valence-electron chi connectivity index (χ3n) is 9.46. The largest absolute Gasteiger partial charge is 0.477 e. The average Bonchev–Trinajstić information content (AvgIpc) is 3.12. The van der Waals surface area contributed by atoms with Crippen molar-refractivity contribution in [2.24, 2.45) is 0 Å². The lowest BCUT2D eigenvalue weighted by Crippen LogP contribution is -2.40. The Labute approximate surface area is 331 Å². The van der Waals surface area contributed by atoms with Crippen LogP contribution in [0.15, 0.2) is 24.3 Å². The maximum atomic E-state index is 12.7. The molecule has 0 saturated heterocycles. The molecule has 0 aromatic heterocycles. The molecule has 1 N–H and O–H groups in total. The Bertz CT molecular complexity index is 944. The van der Waals surface area contributed by atoms with E-state index in [-0.39, 0.29) is 32.2 Å². The molecule has 0 aliphatic carbocycles. The van der Waals surface area contributed by atoms with Crippen molar-refractivity contribution >= 4 is 17.9 Å². The van der Waals surface area contributed by atoms with E-state index in [1.54, 1.807) is 0 Å². The van der Waals surface area contributed by atoms with E-state index in [9.17, 15) is 19.5 Å². The van der Waals surface area contributed by atoms with Crippen molar-refractivity contribution in [2.75, 3.05) is 47.5 Å². The molecule has 2 unspecified atom stereocenters. The summed E-state index contributed by atoms with van der Waals surface area (Å²) in [5.74, 6) is -2.01. The predicted octanol–water partition coefficient (Wildman–Crippen LogP) is 11.3. The molecule has 9 nitrogen and oxygen atoms in total. The second-order valence-corrected chi connectivity index (χ2v) is 16.0. The third kappa shape index (κ3) is 38.1. The van der Waals surface area contributed by atoms with Crippen molar-refractivity contribution in [3.63, 3.8) is 0 Å². The van der Waals surface area contributed by atoms with E-state index >= 15 is 0 Å². The summed E-state index contributed by atoms with van der Waals surface area (Å²) >= 11 is 0. The topological polar surface area (TPSA) is 108 Å². The highest BCUT2D eigenvalue weighted by atomic mass is 16.7. The lowest BCUT2D eigenvalue weighted by Gasteiger charge is -2.25. The summed E-state index contributed by atoms with van der Waals surface area (Å²) in [6.07, 6.45) is 36.6. The summed E-state index contributed by atoms with van der Waals surface area (Å²) < 4.78 is 22.7. The Balaban J connectivity index is 4.44. The summed E-state index contributed by atoms with van der Waals surface area (Å²) in [6.45, 7) is 4.84. The summed E-state index contributed by atoms with van der Waals surface area (Å²) in [5.41, 5.74) is 0. The summed E-state index contributed by atoms with van der Waals surface area (Å²) in [5, 5.41) is 9.62. The number of nitrogens with zero attached hydrogens (tertiary/aromatic N) is 1. The van der Waals surface area contributed by atoms with Gasteiger partial charge < -0.3 is 28.5 Å². The maximum Gasteiger partial charge on any atom is 0.361 e. The molecule has 0 radical (unpaired) electrons. The molecule has 54 heavy (non-hydrogen) atoms. The zero-order chi connectivity index (χ0) is 40.0. The van der Waals surface area contributed by atoms with Gasteiger partial charge in [0.05, 0.1) is 34.4 Å². The molecule has 0 aliphatic rings. The summed E-state index contributed by atoms with van der Waals surface area (Å²) in [7, 11) is 5.95. The Hall–Kier alpha value is -2.23. The van der Waals surface area contributed by atoms with Crippen LogP contribution >= 0.6 is 0 Å². The second kappa shape index (κ2) is 37.7. The predicted molar refractivity (Wildman–Crippen MR) is 221 cm³/mol. The number of unbranched alkanes of at least 4 members (excludes halogenated alkanes) is 21. The monoisotopic (exact) mass is 767 g/mol. The maximum absolute atomic E-state index is 12.7. The number of aliphatic carboxylic acids is 1. The highest BCUT2D eigenvalue weighted by molar-refractivity contribution is 5.71. The second-order valence-electron chi connectivity index (χ2n) is 16.0. The highest BCUT2D eigenvalue weighted by Crippen LogP contribution is 2.14. The average molecular weight is 767 g/mol. The van der Waals surface area contributed by atoms with E-state index in [1.165, 1.54) is 103 Å². The summed E-state index contributed by atoms with van der Waals surface area (Å²) in [4.78, 5) is 37.0. The van der Waals surface area contributed by atoms with Crippen LogP contribution in [-0.4, -0.2) is 87.4 Å². The van der Waals surface area contributed by atoms with Gasteiger partial charge in [0.1, 0.15) is 13.2 Å². The number of quaternary nitrogens is 1. The van der Waals surface area contributed by atoms with Gasteiger partial charge in [-0.05, 0) is 44.9 Å². The standard InChI is InChI=1S/C45H83NO8/c1-6-8-10-12-14-16-18-19-20-21-22-23-24-26-28-30-32-34-36-43(48)54-41(40-53-45(44(49)50)51-38-37-46(3,4)5)39-52-42(47)35-33-31-29-27-25-17-15-13-11-9-7-2/h16,18,20-21,41,45H,6-15,17,19,22-40H2,1-5H3/p+1/b18-16-,21-20-. The van der Waals surface area contributed by atoms with Crippen LogP contribution in [0.25, 0.3) is 0 Å². The Morgan fingerprint density at radius 2 is 1.00 bits per heavy atom. The van der Waals surface area contributed by atoms with Gasteiger partial charge in [0, 0.05) is 12.8 Å². The summed E-state index contributed by atoms with van der Waals surface area (Å²) in [6, 6.07) is 0. The van der Waals surface area contributed by atoms with Crippen LogP contribution in [0.3, 0.4) is 0 Å². The highest BCUT2D eigenvalue weighted by Gasteiger charge is 2.25. The van der Waals surface area contributed by atoms with E-state index in [4.69, 9.17) is 18.9 Å². The van der Waals surface area contributed by atoms with E-state index in [2.05, 4.69) is 38.2 Å². The van der Waals surface area contributed by atoms with E-state index < -0.39 is 24.3 Å². The number of rotatable bonds is 40. The molecule has 9 heteroatoms. The normalized spacial score (nSPS) is 13.1. The van der Waals surface area contributed by atoms with Gasteiger partial charge in [-0.3, -0.25) is 9.59 Å². The molecule has 0 spiro atoms. The number of carboxylic acids is 1. The van der Waals surface area contributed by atoms with Crippen LogP contribution in [0.1, 0.15) is 187 Å². The van der Waals surface area contributed by atoms with Gasteiger partial charge in [-0.15, -0.1) is 0 Å². The molecule has 0 aromatic rings. The van der Waals surface area contributed by atoms with Gasteiger partial charge in [-0.1, -0.05) is 154 Å². The zero-order valence-electron chi connectivity index (χ0n) is 35.6. The minimum atomic E-state index is -1.51. The molecular formula is C45H84NO8+. The first-order valence-corrected chi connectivity index (χ1v) is 22.0. The van der Waals surface area contributed by atoms with Crippen molar-refractivity contribution in [1.82, 2.24) is 0 Å². The van der Waals surface area contributed by atoms with Gasteiger partial charge >= 0.3 is 17.9 Å². The lowest BCUT2D eigenvalue weighted by atomic mass is 10.1. The molecule has 0 aliphatic heterocycles. The number of carbonyl (C=O) groups is 3. The van der Waals surface area contributed by atoms with Crippen molar-refractivity contribution < 1.29 is 42.9 Å². The SMILES string of the molecule is CCCCCC/C=C\C/C=C\CCCCCCCCCC(=O)OC(COC(=O)CCCCCCCCCCCCC)COC(OCC[N+](C)(C)C)C(=O)O. The number of allylic oxidation sites excluding steroid dienone is 4. The number of ether oxygens (including phenoxy) is 4. The molecule has 316 valence electrons. The minimum Gasteiger partial charge on any atom is -0.477 e. The fourth-order valence-electron chi connectivity index (χ4n) is 5.98. The fraction of sp³-hybridized carbons (Fsp3) is 0.844. The fourth-order valence-corrected chi connectivity index (χ4v) is 5.98. The van der Waals surface area contributed by atoms with Gasteiger partial charge in [-0.25, -0.2) is 4.79 Å². The zero-order valence-corrected chi connectivity index (χ0v) is 35.6. The van der Waals surface area contributed by atoms with Crippen LogP contribution in [0, 0.1) is 0 Å². The van der Waals surface area contributed by atoms with E-state index in [0.717, 1.165) is 51.4 Å². The third-order valence-corrected chi connectivity index (χ3v) is 9.46. The first-order chi connectivity index (χ1) is 26.1.